The lowest BCUT2D eigenvalue weighted by molar-refractivity contribution is 0.0235. The van der Waals surface area contributed by atoms with Gasteiger partial charge in [0.15, 0.2) is 0 Å². The summed E-state index contributed by atoms with van der Waals surface area (Å²) in [5.41, 5.74) is 0.721. The van der Waals surface area contributed by atoms with Crippen molar-refractivity contribution in [2.45, 2.75) is 52.2 Å². The van der Waals surface area contributed by atoms with Crippen molar-refractivity contribution < 1.29 is 9.53 Å². The van der Waals surface area contributed by atoms with E-state index in [-0.39, 0.29) is 12.1 Å². The first-order valence-electron chi connectivity index (χ1n) is 7.51. The van der Waals surface area contributed by atoms with Gasteiger partial charge < -0.3 is 15.0 Å². The summed E-state index contributed by atoms with van der Waals surface area (Å²) in [5, 5.41) is 3.31. The number of likely N-dealkylation sites (tertiary alicyclic amines) is 1. The first-order valence-corrected chi connectivity index (χ1v) is 7.51. The second-order valence-electron chi connectivity index (χ2n) is 6.57. The average Bonchev–Trinajstić information content (AvgIpc) is 2.83. The molecule has 0 spiro atoms. The van der Waals surface area contributed by atoms with Crippen LogP contribution in [0.3, 0.4) is 0 Å². The zero-order chi connectivity index (χ0) is 15.5. The number of carbonyl (C=O) groups excluding carboxylic acids is 1. The fourth-order valence-electron chi connectivity index (χ4n) is 2.46. The maximum absolute atomic E-state index is 12.2. The molecule has 0 aromatic carbocycles. The van der Waals surface area contributed by atoms with Gasteiger partial charge in [-0.3, -0.25) is 0 Å². The normalized spacial score (nSPS) is 18.7. The molecule has 0 radical (unpaired) electrons. The molecule has 2 rings (SSSR count). The molecule has 1 amide bonds. The Hall–Kier alpha value is -1.78. The highest BCUT2D eigenvalue weighted by Crippen LogP contribution is 2.21. The molecule has 5 nitrogen and oxygen atoms in total. The monoisotopic (exact) mass is 291 g/mol. The third-order valence-electron chi connectivity index (χ3n) is 3.44. The number of hydrogen-bond acceptors (Lipinski definition) is 4. The predicted octanol–water partition coefficient (Wildman–Crippen LogP) is 3.20. The number of amides is 1. The van der Waals surface area contributed by atoms with Crippen LogP contribution in [-0.4, -0.2) is 40.7 Å². The first kappa shape index (κ1) is 15.6. The van der Waals surface area contributed by atoms with E-state index in [0.29, 0.717) is 6.54 Å². The van der Waals surface area contributed by atoms with E-state index in [1.165, 1.54) is 5.56 Å². The van der Waals surface area contributed by atoms with Gasteiger partial charge in [-0.1, -0.05) is 0 Å². The third kappa shape index (κ3) is 4.62. The number of rotatable bonds is 3. The Balaban J connectivity index is 1.91. The van der Waals surface area contributed by atoms with Crippen molar-refractivity contribution in [2.24, 2.45) is 0 Å². The largest absolute Gasteiger partial charge is 0.444 e. The molecular formula is C16H25N3O2. The van der Waals surface area contributed by atoms with E-state index in [4.69, 9.17) is 4.74 Å². The van der Waals surface area contributed by atoms with Crippen LogP contribution >= 0.6 is 0 Å². The maximum Gasteiger partial charge on any atom is 0.410 e. The van der Waals surface area contributed by atoms with Crippen molar-refractivity contribution in [1.29, 1.82) is 0 Å². The van der Waals surface area contributed by atoms with Crippen molar-refractivity contribution in [3.8, 4) is 0 Å². The van der Waals surface area contributed by atoms with Crippen LogP contribution in [0.1, 0.15) is 39.2 Å². The van der Waals surface area contributed by atoms with Crippen molar-refractivity contribution in [1.82, 2.24) is 9.88 Å². The van der Waals surface area contributed by atoms with Gasteiger partial charge >= 0.3 is 6.09 Å². The Morgan fingerprint density at radius 2 is 2.29 bits per heavy atom. The molecule has 1 atom stereocenters. The summed E-state index contributed by atoms with van der Waals surface area (Å²) in [4.78, 5) is 18.3. The van der Waals surface area contributed by atoms with Gasteiger partial charge in [-0.25, -0.2) is 9.78 Å². The van der Waals surface area contributed by atoms with Crippen LogP contribution in [-0.2, 0) is 4.74 Å². The molecule has 0 saturated carbocycles. The van der Waals surface area contributed by atoms with Crippen LogP contribution in [0.2, 0.25) is 0 Å². The first-order chi connectivity index (χ1) is 9.85. The molecule has 0 bridgehead atoms. The summed E-state index contributed by atoms with van der Waals surface area (Å²) in [5.74, 6) is 0.853. The van der Waals surface area contributed by atoms with Gasteiger partial charge in [0, 0.05) is 19.3 Å². The number of ether oxygens (including phenoxy) is 1. The van der Waals surface area contributed by atoms with Crippen LogP contribution in [0.5, 0.6) is 0 Å². The van der Waals surface area contributed by atoms with E-state index in [0.717, 1.165) is 25.2 Å². The van der Waals surface area contributed by atoms with E-state index in [1.807, 2.05) is 44.7 Å². The van der Waals surface area contributed by atoms with Gasteiger partial charge in [0.1, 0.15) is 11.4 Å². The van der Waals surface area contributed by atoms with Crippen LogP contribution in [0.15, 0.2) is 18.3 Å². The molecular weight excluding hydrogens is 266 g/mol. The number of pyridine rings is 1. The molecule has 1 N–H and O–H groups in total. The number of nitrogens with zero attached hydrogens (tertiary/aromatic N) is 2. The SMILES string of the molecule is Cc1ccnc(NCC2CCCN2C(=O)OC(C)(C)C)c1. The molecule has 21 heavy (non-hydrogen) atoms. The number of carbonyl (C=O) groups is 1. The molecule has 1 aromatic rings. The molecule has 1 aliphatic heterocycles. The van der Waals surface area contributed by atoms with E-state index in [9.17, 15) is 4.79 Å². The lowest BCUT2D eigenvalue weighted by Gasteiger charge is -2.28. The fourth-order valence-corrected chi connectivity index (χ4v) is 2.46. The van der Waals surface area contributed by atoms with Gasteiger partial charge in [0.25, 0.3) is 0 Å². The van der Waals surface area contributed by atoms with Gasteiger partial charge in [-0.2, -0.15) is 0 Å². The zero-order valence-corrected chi connectivity index (χ0v) is 13.3. The van der Waals surface area contributed by atoms with Gasteiger partial charge in [0.2, 0.25) is 0 Å². The number of aryl methyl sites for hydroxylation is 1. The highest BCUT2D eigenvalue weighted by atomic mass is 16.6. The third-order valence-corrected chi connectivity index (χ3v) is 3.44. The van der Waals surface area contributed by atoms with Crippen molar-refractivity contribution >= 4 is 11.9 Å². The van der Waals surface area contributed by atoms with Gasteiger partial charge in [-0.05, 0) is 58.2 Å². The highest BCUT2D eigenvalue weighted by Gasteiger charge is 2.31. The van der Waals surface area contributed by atoms with Crippen LogP contribution in [0, 0.1) is 6.92 Å². The summed E-state index contributed by atoms with van der Waals surface area (Å²) in [6.07, 6.45) is 3.59. The second-order valence-corrected chi connectivity index (χ2v) is 6.57. The Kier molecular flexibility index (Phi) is 4.70. The van der Waals surface area contributed by atoms with Crippen molar-refractivity contribution in [3.05, 3.63) is 23.9 Å². The molecule has 116 valence electrons. The summed E-state index contributed by atoms with van der Waals surface area (Å²) in [6.45, 7) is 9.19. The van der Waals surface area contributed by atoms with Gasteiger partial charge in [-0.15, -0.1) is 0 Å². The molecule has 0 aliphatic carbocycles. The summed E-state index contributed by atoms with van der Waals surface area (Å²) in [6, 6.07) is 4.14. The minimum atomic E-state index is -0.449. The Morgan fingerprint density at radius 3 is 2.95 bits per heavy atom. The van der Waals surface area contributed by atoms with E-state index in [1.54, 1.807) is 6.20 Å². The minimum Gasteiger partial charge on any atom is -0.444 e. The van der Waals surface area contributed by atoms with E-state index >= 15 is 0 Å². The van der Waals surface area contributed by atoms with E-state index in [2.05, 4.69) is 10.3 Å². The Bertz CT molecular complexity index is 497. The van der Waals surface area contributed by atoms with Crippen LogP contribution in [0.4, 0.5) is 10.6 Å². The maximum atomic E-state index is 12.2. The van der Waals surface area contributed by atoms with Gasteiger partial charge in [0.05, 0.1) is 6.04 Å². The average molecular weight is 291 g/mol. The predicted molar refractivity (Wildman–Crippen MR) is 83.4 cm³/mol. The standard InChI is InChI=1S/C16H25N3O2/c1-12-7-8-17-14(10-12)18-11-13-6-5-9-19(13)15(20)21-16(2,3)4/h7-8,10,13H,5-6,9,11H2,1-4H3,(H,17,18). The summed E-state index contributed by atoms with van der Waals surface area (Å²) < 4.78 is 5.47. The molecule has 1 fully saturated rings. The van der Waals surface area contributed by atoms with Crippen LogP contribution < -0.4 is 5.32 Å². The fraction of sp³-hybridized carbons (Fsp3) is 0.625. The smallest absolute Gasteiger partial charge is 0.410 e. The minimum absolute atomic E-state index is 0.169. The molecule has 1 saturated heterocycles. The Morgan fingerprint density at radius 1 is 1.52 bits per heavy atom. The zero-order valence-electron chi connectivity index (χ0n) is 13.3. The summed E-state index contributed by atoms with van der Waals surface area (Å²) in [7, 11) is 0. The van der Waals surface area contributed by atoms with Crippen LogP contribution in [0.25, 0.3) is 0 Å². The molecule has 1 aromatic heterocycles. The lowest BCUT2D eigenvalue weighted by Crippen LogP contribution is -2.42. The van der Waals surface area contributed by atoms with E-state index < -0.39 is 5.60 Å². The molecule has 1 unspecified atom stereocenters. The van der Waals surface area contributed by atoms with Crippen molar-refractivity contribution in [3.63, 3.8) is 0 Å². The summed E-state index contributed by atoms with van der Waals surface area (Å²) >= 11 is 0. The Labute approximate surface area is 126 Å². The molecule has 5 heteroatoms. The second kappa shape index (κ2) is 6.33. The molecule has 2 heterocycles. The quantitative estimate of drug-likeness (QED) is 0.929. The lowest BCUT2D eigenvalue weighted by atomic mass is 10.2. The number of aromatic nitrogens is 1. The molecule has 1 aliphatic rings. The van der Waals surface area contributed by atoms with Crippen molar-refractivity contribution in [2.75, 3.05) is 18.4 Å². The number of nitrogens with one attached hydrogen (secondary N) is 1. The topological polar surface area (TPSA) is 54.5 Å². The number of hydrogen-bond donors (Lipinski definition) is 1. The highest BCUT2D eigenvalue weighted by molar-refractivity contribution is 5.69. The number of anilines is 1.